The van der Waals surface area contributed by atoms with E-state index >= 15 is 0 Å². The van der Waals surface area contributed by atoms with Gasteiger partial charge in [0.1, 0.15) is 18.1 Å². The van der Waals surface area contributed by atoms with Gasteiger partial charge in [-0.1, -0.05) is 6.07 Å². The van der Waals surface area contributed by atoms with Crippen molar-refractivity contribution in [3.63, 3.8) is 0 Å². The van der Waals surface area contributed by atoms with E-state index < -0.39 is 0 Å². The van der Waals surface area contributed by atoms with Gasteiger partial charge in [0.15, 0.2) is 0 Å². The van der Waals surface area contributed by atoms with Gasteiger partial charge in [0, 0.05) is 17.4 Å². The summed E-state index contributed by atoms with van der Waals surface area (Å²) in [5.41, 5.74) is 8.83. The van der Waals surface area contributed by atoms with Crippen molar-refractivity contribution in [2.75, 3.05) is 0 Å². The van der Waals surface area contributed by atoms with E-state index in [-0.39, 0.29) is 5.75 Å². The molecule has 0 unspecified atom stereocenters. The first-order valence-electron chi connectivity index (χ1n) is 6.47. The maximum atomic E-state index is 9.21. The Labute approximate surface area is 116 Å². The number of nitrogens with two attached hydrogens (primary N) is 1. The lowest BCUT2D eigenvalue weighted by Crippen LogP contribution is -1.95. The summed E-state index contributed by atoms with van der Waals surface area (Å²) in [7, 11) is 0. The molecule has 1 aromatic heterocycles. The molecule has 0 atom stereocenters. The molecule has 0 radical (unpaired) electrons. The van der Waals surface area contributed by atoms with Crippen LogP contribution in [0.25, 0.3) is 10.9 Å². The first-order valence-corrected chi connectivity index (χ1v) is 6.47. The van der Waals surface area contributed by atoms with Crippen molar-refractivity contribution < 1.29 is 9.84 Å². The molecule has 1 heterocycles. The fraction of sp³-hybridized carbons (Fsp3) is 0.125. The van der Waals surface area contributed by atoms with Gasteiger partial charge in [-0.25, -0.2) is 0 Å². The lowest BCUT2D eigenvalue weighted by atomic mass is 10.1. The maximum Gasteiger partial charge on any atom is 0.128 e. The Bertz CT molecular complexity index is 717. The molecule has 0 fully saturated rings. The molecule has 3 rings (SSSR count). The summed E-state index contributed by atoms with van der Waals surface area (Å²) >= 11 is 0. The van der Waals surface area contributed by atoms with Gasteiger partial charge in [0.25, 0.3) is 0 Å². The molecule has 4 nitrogen and oxygen atoms in total. The van der Waals surface area contributed by atoms with Crippen LogP contribution in [-0.4, -0.2) is 10.1 Å². The molecule has 0 aliphatic carbocycles. The van der Waals surface area contributed by atoms with Crippen molar-refractivity contribution in [3.8, 4) is 11.5 Å². The number of H-pyrrole nitrogens is 1. The van der Waals surface area contributed by atoms with Crippen LogP contribution in [0.5, 0.6) is 11.5 Å². The Morgan fingerprint density at radius 3 is 2.60 bits per heavy atom. The number of fused-ring (bicyclic) bond motifs is 1. The molecule has 4 N–H and O–H groups in total. The minimum Gasteiger partial charge on any atom is -0.508 e. The SMILES string of the molecule is NCc1ccc2[nH]c(COc3ccc(O)cc3)cc2c1. The number of aromatic nitrogens is 1. The van der Waals surface area contributed by atoms with Crippen LogP contribution in [0.4, 0.5) is 0 Å². The molecule has 0 aliphatic heterocycles. The van der Waals surface area contributed by atoms with Crippen molar-refractivity contribution in [3.05, 3.63) is 59.8 Å². The average Bonchev–Trinajstić information content (AvgIpc) is 2.88. The highest BCUT2D eigenvalue weighted by Crippen LogP contribution is 2.20. The lowest BCUT2D eigenvalue weighted by Gasteiger charge is -2.04. The van der Waals surface area contributed by atoms with E-state index in [1.165, 1.54) is 0 Å². The molecule has 0 spiro atoms. The third-order valence-corrected chi connectivity index (χ3v) is 3.21. The average molecular weight is 268 g/mol. The molecule has 3 aromatic rings. The van der Waals surface area contributed by atoms with Gasteiger partial charge in [-0.3, -0.25) is 0 Å². The minimum absolute atomic E-state index is 0.234. The first kappa shape index (κ1) is 12.6. The van der Waals surface area contributed by atoms with E-state index in [4.69, 9.17) is 10.5 Å². The summed E-state index contributed by atoms with van der Waals surface area (Å²) in [5.74, 6) is 0.960. The Kier molecular flexibility index (Phi) is 3.31. The van der Waals surface area contributed by atoms with E-state index in [1.54, 1.807) is 24.3 Å². The van der Waals surface area contributed by atoms with E-state index in [1.807, 2.05) is 12.1 Å². The monoisotopic (exact) mass is 268 g/mol. The molecule has 0 bridgehead atoms. The minimum atomic E-state index is 0.234. The van der Waals surface area contributed by atoms with Crippen molar-refractivity contribution in [2.24, 2.45) is 5.73 Å². The molecule has 102 valence electrons. The van der Waals surface area contributed by atoms with Crippen LogP contribution in [0.1, 0.15) is 11.3 Å². The zero-order valence-corrected chi connectivity index (χ0v) is 11.0. The highest BCUT2D eigenvalue weighted by atomic mass is 16.5. The van der Waals surface area contributed by atoms with Crippen molar-refractivity contribution in [1.82, 2.24) is 4.98 Å². The van der Waals surface area contributed by atoms with Crippen LogP contribution in [0.2, 0.25) is 0 Å². The largest absolute Gasteiger partial charge is 0.508 e. The number of nitrogens with one attached hydrogen (secondary N) is 1. The molecule has 4 heteroatoms. The zero-order valence-electron chi connectivity index (χ0n) is 11.0. The summed E-state index contributed by atoms with van der Waals surface area (Å²) in [6.07, 6.45) is 0. The number of ether oxygens (including phenoxy) is 1. The van der Waals surface area contributed by atoms with Gasteiger partial charge in [-0.2, -0.15) is 0 Å². The normalized spacial score (nSPS) is 10.8. The number of phenolic OH excluding ortho intramolecular Hbond substituents is 1. The van der Waals surface area contributed by atoms with E-state index in [2.05, 4.69) is 17.1 Å². The van der Waals surface area contributed by atoms with Crippen LogP contribution in [-0.2, 0) is 13.2 Å². The van der Waals surface area contributed by atoms with Gasteiger partial charge >= 0.3 is 0 Å². The van der Waals surface area contributed by atoms with E-state index in [9.17, 15) is 5.11 Å². The van der Waals surface area contributed by atoms with E-state index in [0.717, 1.165) is 27.9 Å². The van der Waals surface area contributed by atoms with Crippen LogP contribution >= 0.6 is 0 Å². The topological polar surface area (TPSA) is 71.3 Å². The Hall–Kier alpha value is -2.46. The van der Waals surface area contributed by atoms with Crippen LogP contribution in [0, 0.1) is 0 Å². The molecule has 20 heavy (non-hydrogen) atoms. The summed E-state index contributed by atoms with van der Waals surface area (Å²) in [6.45, 7) is 0.998. The van der Waals surface area contributed by atoms with E-state index in [0.29, 0.717) is 13.2 Å². The van der Waals surface area contributed by atoms with Crippen LogP contribution in [0.3, 0.4) is 0 Å². The molecular weight excluding hydrogens is 252 g/mol. The summed E-state index contributed by atoms with van der Waals surface area (Å²) in [5, 5.41) is 10.4. The number of aromatic hydroxyl groups is 1. The van der Waals surface area contributed by atoms with Crippen molar-refractivity contribution in [1.29, 1.82) is 0 Å². The fourth-order valence-corrected chi connectivity index (χ4v) is 2.15. The van der Waals surface area contributed by atoms with Crippen LogP contribution in [0.15, 0.2) is 48.5 Å². The van der Waals surface area contributed by atoms with Gasteiger partial charge < -0.3 is 20.6 Å². The standard InChI is InChI=1S/C16H16N2O2/c17-9-11-1-6-16-12(7-11)8-13(18-16)10-20-15-4-2-14(19)3-5-15/h1-8,18-19H,9-10,17H2. The molecular formula is C16H16N2O2. The zero-order chi connectivity index (χ0) is 13.9. The second-order valence-electron chi connectivity index (χ2n) is 4.70. The number of aromatic amines is 1. The van der Waals surface area contributed by atoms with Gasteiger partial charge in [-0.15, -0.1) is 0 Å². The number of benzene rings is 2. The van der Waals surface area contributed by atoms with Crippen molar-refractivity contribution >= 4 is 10.9 Å². The maximum absolute atomic E-state index is 9.21. The second-order valence-corrected chi connectivity index (χ2v) is 4.70. The fourth-order valence-electron chi connectivity index (χ4n) is 2.15. The van der Waals surface area contributed by atoms with Gasteiger partial charge in [-0.05, 0) is 48.0 Å². The first-order chi connectivity index (χ1) is 9.74. The highest BCUT2D eigenvalue weighted by Gasteiger charge is 2.03. The smallest absolute Gasteiger partial charge is 0.128 e. The molecule has 0 saturated carbocycles. The number of hydrogen-bond acceptors (Lipinski definition) is 3. The molecule has 0 amide bonds. The number of phenols is 1. The Morgan fingerprint density at radius 1 is 1.05 bits per heavy atom. The quantitative estimate of drug-likeness (QED) is 0.681. The highest BCUT2D eigenvalue weighted by molar-refractivity contribution is 5.81. The Balaban J connectivity index is 1.75. The van der Waals surface area contributed by atoms with Gasteiger partial charge in [0.05, 0.1) is 5.69 Å². The Morgan fingerprint density at radius 2 is 1.85 bits per heavy atom. The lowest BCUT2D eigenvalue weighted by molar-refractivity contribution is 0.302. The second kappa shape index (κ2) is 5.27. The predicted octanol–water partition coefficient (Wildman–Crippen LogP) is 2.91. The summed E-state index contributed by atoms with van der Waals surface area (Å²) in [6, 6.07) is 14.9. The van der Waals surface area contributed by atoms with Gasteiger partial charge in [0.2, 0.25) is 0 Å². The van der Waals surface area contributed by atoms with Crippen LogP contribution < -0.4 is 10.5 Å². The summed E-state index contributed by atoms with van der Waals surface area (Å²) in [4.78, 5) is 3.31. The third kappa shape index (κ3) is 2.60. The molecule has 2 aromatic carbocycles. The molecule has 0 saturated heterocycles. The number of rotatable bonds is 4. The summed E-state index contributed by atoms with van der Waals surface area (Å²) < 4.78 is 5.67. The van der Waals surface area contributed by atoms with Crippen molar-refractivity contribution in [2.45, 2.75) is 13.2 Å². The number of hydrogen-bond donors (Lipinski definition) is 3. The third-order valence-electron chi connectivity index (χ3n) is 3.21. The predicted molar refractivity (Wildman–Crippen MR) is 78.6 cm³/mol. The molecule has 0 aliphatic rings.